The van der Waals surface area contributed by atoms with Gasteiger partial charge in [0.1, 0.15) is 0 Å². The minimum atomic E-state index is -3.10. The minimum absolute atomic E-state index is 0.00889. The molecule has 0 saturated carbocycles. The molecular weight excluding hydrogens is 234 g/mol. The van der Waals surface area contributed by atoms with Crippen LogP contribution in [0.1, 0.15) is 36.6 Å². The summed E-state index contributed by atoms with van der Waals surface area (Å²) in [5, 5.41) is -0.376. The van der Waals surface area contributed by atoms with Gasteiger partial charge in [-0.05, 0) is 38.8 Å². The normalized spacial score (nSPS) is 14.0. The second-order valence-electron chi connectivity index (χ2n) is 4.84. The third kappa shape index (κ3) is 3.54. The Kier molecular flexibility index (Phi) is 4.33. The molecule has 17 heavy (non-hydrogen) atoms. The van der Waals surface area contributed by atoms with E-state index < -0.39 is 15.9 Å². The lowest BCUT2D eigenvalue weighted by Crippen LogP contribution is -2.27. The summed E-state index contributed by atoms with van der Waals surface area (Å²) in [6, 6.07) is 5.51. The molecule has 1 atom stereocenters. The standard InChI is InChI=1S/C13H21NO2S/c1-9(2)17(15,16)8-13(14)12-7-10(3)5-6-11(12)4/h5-7,9,13H,8,14H2,1-4H3. The molecule has 0 saturated heterocycles. The van der Waals surface area contributed by atoms with Crippen molar-refractivity contribution in [2.75, 3.05) is 5.75 Å². The average Bonchev–Trinajstić information content (AvgIpc) is 2.20. The van der Waals surface area contributed by atoms with Crippen LogP contribution >= 0.6 is 0 Å². The summed E-state index contributed by atoms with van der Waals surface area (Å²) in [6.07, 6.45) is 0. The van der Waals surface area contributed by atoms with Crippen molar-refractivity contribution in [1.29, 1.82) is 0 Å². The molecule has 1 aromatic carbocycles. The smallest absolute Gasteiger partial charge is 0.154 e. The van der Waals surface area contributed by atoms with Gasteiger partial charge in [0.15, 0.2) is 9.84 Å². The van der Waals surface area contributed by atoms with Gasteiger partial charge in [-0.2, -0.15) is 0 Å². The van der Waals surface area contributed by atoms with Gasteiger partial charge in [-0.1, -0.05) is 23.8 Å². The zero-order valence-corrected chi connectivity index (χ0v) is 11.7. The number of benzene rings is 1. The van der Waals surface area contributed by atoms with Crippen LogP contribution in [0.2, 0.25) is 0 Å². The topological polar surface area (TPSA) is 60.2 Å². The van der Waals surface area contributed by atoms with Crippen LogP contribution in [0.5, 0.6) is 0 Å². The van der Waals surface area contributed by atoms with E-state index in [1.54, 1.807) is 13.8 Å². The molecule has 1 unspecified atom stereocenters. The lowest BCUT2D eigenvalue weighted by Gasteiger charge is -2.17. The second kappa shape index (κ2) is 5.19. The maximum atomic E-state index is 11.8. The summed E-state index contributed by atoms with van der Waals surface area (Å²) in [5.41, 5.74) is 9.08. The van der Waals surface area contributed by atoms with Crippen LogP contribution in [0, 0.1) is 13.8 Å². The Morgan fingerprint density at radius 1 is 1.24 bits per heavy atom. The Morgan fingerprint density at radius 2 is 1.82 bits per heavy atom. The monoisotopic (exact) mass is 255 g/mol. The van der Waals surface area contributed by atoms with E-state index in [1.807, 2.05) is 32.0 Å². The molecule has 3 nitrogen and oxygen atoms in total. The first-order valence-electron chi connectivity index (χ1n) is 5.78. The van der Waals surface area contributed by atoms with Crippen molar-refractivity contribution >= 4 is 9.84 Å². The Morgan fingerprint density at radius 3 is 2.35 bits per heavy atom. The van der Waals surface area contributed by atoms with Crippen molar-refractivity contribution in [2.24, 2.45) is 5.73 Å². The molecule has 2 N–H and O–H groups in total. The van der Waals surface area contributed by atoms with Crippen molar-refractivity contribution in [3.8, 4) is 0 Å². The summed E-state index contributed by atoms with van der Waals surface area (Å²) in [5.74, 6) is 0.00889. The molecule has 0 radical (unpaired) electrons. The molecule has 0 amide bonds. The van der Waals surface area contributed by atoms with Crippen molar-refractivity contribution < 1.29 is 8.42 Å². The van der Waals surface area contributed by atoms with Crippen LogP contribution in [0.4, 0.5) is 0 Å². The Balaban J connectivity index is 2.98. The zero-order chi connectivity index (χ0) is 13.2. The van der Waals surface area contributed by atoms with Crippen LogP contribution in [0.15, 0.2) is 18.2 Å². The fourth-order valence-corrected chi connectivity index (χ4v) is 2.76. The van der Waals surface area contributed by atoms with Gasteiger partial charge in [0.25, 0.3) is 0 Å². The van der Waals surface area contributed by atoms with E-state index >= 15 is 0 Å². The molecule has 96 valence electrons. The van der Waals surface area contributed by atoms with E-state index in [2.05, 4.69) is 0 Å². The predicted molar refractivity (Wildman–Crippen MR) is 71.8 cm³/mol. The molecule has 0 spiro atoms. The van der Waals surface area contributed by atoms with Crippen molar-refractivity contribution in [2.45, 2.75) is 39.0 Å². The fourth-order valence-electron chi connectivity index (χ4n) is 1.69. The largest absolute Gasteiger partial charge is 0.323 e. The van der Waals surface area contributed by atoms with Gasteiger partial charge in [-0.15, -0.1) is 0 Å². The van der Waals surface area contributed by atoms with Crippen LogP contribution in [0.25, 0.3) is 0 Å². The number of nitrogens with two attached hydrogens (primary N) is 1. The molecule has 0 bridgehead atoms. The number of hydrogen-bond acceptors (Lipinski definition) is 3. The summed E-state index contributed by atoms with van der Waals surface area (Å²) < 4.78 is 23.7. The fraction of sp³-hybridized carbons (Fsp3) is 0.538. The maximum Gasteiger partial charge on any atom is 0.154 e. The highest BCUT2D eigenvalue weighted by molar-refractivity contribution is 7.92. The van der Waals surface area contributed by atoms with Crippen molar-refractivity contribution in [1.82, 2.24) is 0 Å². The SMILES string of the molecule is Cc1ccc(C)c(C(N)CS(=O)(=O)C(C)C)c1. The van der Waals surface area contributed by atoms with E-state index in [0.717, 1.165) is 16.7 Å². The summed E-state index contributed by atoms with van der Waals surface area (Å²) >= 11 is 0. The number of rotatable bonds is 4. The molecule has 0 aliphatic carbocycles. The van der Waals surface area contributed by atoms with Crippen LogP contribution in [-0.2, 0) is 9.84 Å². The lowest BCUT2D eigenvalue weighted by atomic mass is 10.0. The Bertz CT molecular complexity index is 492. The zero-order valence-electron chi connectivity index (χ0n) is 10.9. The van der Waals surface area contributed by atoms with Gasteiger partial charge >= 0.3 is 0 Å². The second-order valence-corrected chi connectivity index (χ2v) is 7.45. The molecule has 0 fully saturated rings. The molecule has 1 aromatic rings. The first kappa shape index (κ1) is 14.2. The Labute approximate surface area is 104 Å². The molecular formula is C13H21NO2S. The first-order valence-corrected chi connectivity index (χ1v) is 7.50. The Hall–Kier alpha value is -0.870. The third-order valence-corrected chi connectivity index (χ3v) is 5.22. The molecule has 0 aromatic heterocycles. The van der Waals surface area contributed by atoms with E-state index in [9.17, 15) is 8.42 Å². The van der Waals surface area contributed by atoms with Gasteiger partial charge in [0.05, 0.1) is 11.0 Å². The van der Waals surface area contributed by atoms with Gasteiger partial charge in [-0.25, -0.2) is 8.42 Å². The molecule has 1 rings (SSSR count). The van der Waals surface area contributed by atoms with Crippen molar-refractivity contribution in [3.63, 3.8) is 0 Å². The van der Waals surface area contributed by atoms with Crippen LogP contribution < -0.4 is 5.73 Å². The minimum Gasteiger partial charge on any atom is -0.323 e. The number of hydrogen-bond donors (Lipinski definition) is 1. The van der Waals surface area contributed by atoms with Crippen LogP contribution in [0.3, 0.4) is 0 Å². The highest BCUT2D eigenvalue weighted by Gasteiger charge is 2.22. The molecule has 0 heterocycles. The lowest BCUT2D eigenvalue weighted by molar-refractivity contribution is 0.580. The molecule has 4 heteroatoms. The molecule has 0 aliphatic heterocycles. The summed E-state index contributed by atoms with van der Waals surface area (Å²) in [4.78, 5) is 0. The highest BCUT2D eigenvalue weighted by atomic mass is 32.2. The van der Waals surface area contributed by atoms with Gasteiger partial charge < -0.3 is 5.73 Å². The summed E-state index contributed by atoms with van der Waals surface area (Å²) in [6.45, 7) is 7.31. The van der Waals surface area contributed by atoms with Crippen molar-refractivity contribution in [3.05, 3.63) is 34.9 Å². The summed E-state index contributed by atoms with van der Waals surface area (Å²) in [7, 11) is -3.10. The van der Waals surface area contributed by atoms with E-state index in [-0.39, 0.29) is 11.0 Å². The van der Waals surface area contributed by atoms with E-state index in [0.29, 0.717) is 0 Å². The predicted octanol–water partition coefficient (Wildman–Crippen LogP) is 2.13. The third-order valence-electron chi connectivity index (χ3n) is 2.96. The van der Waals surface area contributed by atoms with Gasteiger partial charge in [-0.3, -0.25) is 0 Å². The van der Waals surface area contributed by atoms with E-state index in [4.69, 9.17) is 5.73 Å². The van der Waals surface area contributed by atoms with E-state index in [1.165, 1.54) is 0 Å². The average molecular weight is 255 g/mol. The number of sulfone groups is 1. The van der Waals surface area contributed by atoms with Gasteiger partial charge in [0.2, 0.25) is 0 Å². The first-order chi connectivity index (χ1) is 7.74. The van der Waals surface area contributed by atoms with Crippen LogP contribution in [-0.4, -0.2) is 19.4 Å². The maximum absolute atomic E-state index is 11.8. The highest BCUT2D eigenvalue weighted by Crippen LogP contribution is 2.20. The van der Waals surface area contributed by atoms with Gasteiger partial charge in [0, 0.05) is 6.04 Å². The number of aryl methyl sites for hydroxylation is 2. The molecule has 0 aliphatic rings. The quantitative estimate of drug-likeness (QED) is 0.896.